The van der Waals surface area contributed by atoms with E-state index in [0.29, 0.717) is 5.69 Å². The normalized spacial score (nSPS) is 10.1. The number of carbonyl (C=O) groups is 2. The fourth-order valence-corrected chi connectivity index (χ4v) is 1.47. The van der Waals surface area contributed by atoms with Gasteiger partial charge in [0.1, 0.15) is 6.33 Å². The third-order valence-electron chi connectivity index (χ3n) is 2.08. The van der Waals surface area contributed by atoms with Crippen molar-refractivity contribution in [2.75, 3.05) is 5.32 Å². The van der Waals surface area contributed by atoms with Crippen LogP contribution in [0, 0.1) is 0 Å². The summed E-state index contributed by atoms with van der Waals surface area (Å²) in [5, 5.41) is 17.4. The number of hydrogen-bond donors (Lipinski definition) is 3. The number of nitrogens with zero attached hydrogens (tertiary/aromatic N) is 2. The van der Waals surface area contributed by atoms with Crippen LogP contribution in [0.3, 0.4) is 0 Å². The second-order valence-corrected chi connectivity index (χ2v) is 3.70. The molecule has 0 atom stereocenters. The van der Waals surface area contributed by atoms with Gasteiger partial charge in [-0.15, -0.1) is 0 Å². The first-order chi connectivity index (χ1) is 8.58. The van der Waals surface area contributed by atoms with Gasteiger partial charge in [-0.2, -0.15) is 5.10 Å². The number of amides is 1. The number of carbonyl (C=O) groups excluding carboxylic acids is 1. The molecule has 0 spiro atoms. The smallest absolute Gasteiger partial charge is 0.337 e. The Morgan fingerprint density at radius 2 is 2.17 bits per heavy atom. The van der Waals surface area contributed by atoms with E-state index in [0.717, 1.165) is 0 Å². The molecule has 0 unspecified atom stereocenters. The molecule has 2 aromatic rings. The molecule has 8 heteroatoms. The Bertz CT molecular complexity index is 597. The van der Waals surface area contributed by atoms with E-state index in [2.05, 4.69) is 20.5 Å². The van der Waals surface area contributed by atoms with Crippen LogP contribution in [0.5, 0.6) is 0 Å². The van der Waals surface area contributed by atoms with Crippen LogP contribution >= 0.6 is 11.6 Å². The van der Waals surface area contributed by atoms with Crippen LogP contribution in [0.15, 0.2) is 24.5 Å². The fraction of sp³-hybridized carbons (Fsp3) is 0. The molecule has 3 N–H and O–H groups in total. The molecule has 92 valence electrons. The van der Waals surface area contributed by atoms with Crippen LogP contribution in [0.4, 0.5) is 5.69 Å². The van der Waals surface area contributed by atoms with Crippen molar-refractivity contribution in [3.63, 3.8) is 0 Å². The number of carboxylic acid groups (broad SMARTS) is 1. The number of nitrogens with one attached hydrogen (secondary N) is 2. The van der Waals surface area contributed by atoms with Gasteiger partial charge in [0, 0.05) is 5.69 Å². The van der Waals surface area contributed by atoms with Crippen molar-refractivity contribution in [2.24, 2.45) is 0 Å². The molecule has 0 saturated carbocycles. The number of benzene rings is 1. The van der Waals surface area contributed by atoms with E-state index in [1.165, 1.54) is 24.5 Å². The van der Waals surface area contributed by atoms with Gasteiger partial charge in [0.15, 0.2) is 0 Å². The van der Waals surface area contributed by atoms with E-state index in [1.54, 1.807) is 0 Å². The maximum atomic E-state index is 11.6. The summed E-state index contributed by atoms with van der Waals surface area (Å²) in [6.45, 7) is 0. The second-order valence-electron chi connectivity index (χ2n) is 3.29. The Morgan fingerprint density at radius 1 is 1.39 bits per heavy atom. The number of aromatic nitrogens is 3. The van der Waals surface area contributed by atoms with Gasteiger partial charge in [0.05, 0.1) is 10.6 Å². The first kappa shape index (κ1) is 12.1. The fourth-order valence-electron chi connectivity index (χ4n) is 1.27. The maximum Gasteiger partial charge on any atom is 0.337 e. The predicted molar refractivity (Wildman–Crippen MR) is 62.7 cm³/mol. The zero-order chi connectivity index (χ0) is 13.1. The lowest BCUT2D eigenvalue weighted by atomic mass is 10.2. The van der Waals surface area contributed by atoms with E-state index < -0.39 is 11.9 Å². The lowest BCUT2D eigenvalue weighted by Gasteiger charge is -2.05. The summed E-state index contributed by atoms with van der Waals surface area (Å²) in [6, 6.07) is 4.14. The molecule has 0 bridgehead atoms. The molecule has 7 nitrogen and oxygen atoms in total. The third kappa shape index (κ3) is 2.46. The SMILES string of the molecule is O=C(Nc1ccc(Cl)c(C(=O)O)c1)c1ncn[nH]1. The van der Waals surface area contributed by atoms with E-state index >= 15 is 0 Å². The van der Waals surface area contributed by atoms with Crippen molar-refractivity contribution in [3.05, 3.63) is 40.9 Å². The number of anilines is 1. The zero-order valence-corrected chi connectivity index (χ0v) is 9.60. The Morgan fingerprint density at radius 3 is 2.78 bits per heavy atom. The summed E-state index contributed by atoms with van der Waals surface area (Å²) in [6.07, 6.45) is 1.19. The third-order valence-corrected chi connectivity index (χ3v) is 2.41. The van der Waals surface area contributed by atoms with Gasteiger partial charge in [-0.1, -0.05) is 11.6 Å². The van der Waals surface area contributed by atoms with E-state index in [9.17, 15) is 9.59 Å². The van der Waals surface area contributed by atoms with Gasteiger partial charge < -0.3 is 10.4 Å². The number of rotatable bonds is 3. The summed E-state index contributed by atoms with van der Waals surface area (Å²) in [5.74, 6) is -1.66. The topological polar surface area (TPSA) is 108 Å². The zero-order valence-electron chi connectivity index (χ0n) is 8.85. The molecular formula is C10H7ClN4O3. The van der Waals surface area contributed by atoms with Crippen LogP contribution in [-0.2, 0) is 0 Å². The molecule has 0 aliphatic rings. The lowest BCUT2D eigenvalue weighted by molar-refractivity contribution is 0.0696. The summed E-state index contributed by atoms with van der Waals surface area (Å²) in [5.41, 5.74) is 0.213. The number of aromatic carboxylic acids is 1. The molecule has 0 radical (unpaired) electrons. The highest BCUT2D eigenvalue weighted by atomic mass is 35.5. The highest BCUT2D eigenvalue weighted by Gasteiger charge is 2.12. The van der Waals surface area contributed by atoms with Gasteiger partial charge in [-0.25, -0.2) is 9.78 Å². The average Bonchev–Trinajstić information content (AvgIpc) is 2.85. The first-order valence-electron chi connectivity index (χ1n) is 4.77. The van der Waals surface area contributed by atoms with Crippen LogP contribution < -0.4 is 5.32 Å². The lowest BCUT2D eigenvalue weighted by Crippen LogP contribution is -2.14. The Kier molecular flexibility index (Phi) is 3.24. The van der Waals surface area contributed by atoms with Crippen molar-refractivity contribution < 1.29 is 14.7 Å². The van der Waals surface area contributed by atoms with Crippen LogP contribution in [-0.4, -0.2) is 32.2 Å². The maximum absolute atomic E-state index is 11.6. The number of halogens is 1. The highest BCUT2D eigenvalue weighted by Crippen LogP contribution is 2.20. The van der Waals surface area contributed by atoms with E-state index in [1.807, 2.05) is 0 Å². The van der Waals surface area contributed by atoms with Crippen LogP contribution in [0.2, 0.25) is 5.02 Å². The Labute approximate surface area is 106 Å². The molecule has 0 fully saturated rings. The minimum absolute atomic E-state index is 0.0295. The van der Waals surface area contributed by atoms with Crippen LogP contribution in [0.25, 0.3) is 0 Å². The van der Waals surface area contributed by atoms with Gasteiger partial charge in [-0.05, 0) is 18.2 Å². The minimum atomic E-state index is -1.17. The van der Waals surface area contributed by atoms with Gasteiger partial charge in [0.25, 0.3) is 5.91 Å². The van der Waals surface area contributed by atoms with Crippen molar-refractivity contribution in [3.8, 4) is 0 Å². The second kappa shape index (κ2) is 4.84. The summed E-state index contributed by atoms with van der Waals surface area (Å²) in [7, 11) is 0. The van der Waals surface area contributed by atoms with Crippen molar-refractivity contribution in [2.45, 2.75) is 0 Å². The highest BCUT2D eigenvalue weighted by molar-refractivity contribution is 6.33. The summed E-state index contributed by atoms with van der Waals surface area (Å²) in [4.78, 5) is 26.1. The molecule has 1 heterocycles. The number of H-pyrrole nitrogens is 1. The monoisotopic (exact) mass is 266 g/mol. The molecule has 1 aromatic carbocycles. The number of carboxylic acids is 1. The van der Waals surface area contributed by atoms with Gasteiger partial charge >= 0.3 is 5.97 Å². The largest absolute Gasteiger partial charge is 0.478 e. The molecule has 0 aliphatic heterocycles. The standard InChI is InChI=1S/C10H7ClN4O3/c11-7-2-1-5(3-6(7)10(17)18)14-9(16)8-12-4-13-15-8/h1-4H,(H,14,16)(H,17,18)(H,12,13,15). The van der Waals surface area contributed by atoms with Crippen molar-refractivity contribution >= 4 is 29.2 Å². The van der Waals surface area contributed by atoms with Crippen LogP contribution in [0.1, 0.15) is 21.0 Å². The first-order valence-corrected chi connectivity index (χ1v) is 5.15. The number of aromatic amines is 1. The predicted octanol–water partition coefficient (Wildman–Crippen LogP) is 1.41. The quantitative estimate of drug-likeness (QED) is 0.778. The summed E-state index contributed by atoms with van der Waals surface area (Å²) < 4.78 is 0. The minimum Gasteiger partial charge on any atom is -0.478 e. The van der Waals surface area contributed by atoms with Gasteiger partial charge in [-0.3, -0.25) is 9.89 Å². The molecule has 0 saturated heterocycles. The molecule has 18 heavy (non-hydrogen) atoms. The van der Waals surface area contributed by atoms with Crippen molar-refractivity contribution in [1.29, 1.82) is 0 Å². The molecule has 1 amide bonds. The van der Waals surface area contributed by atoms with Gasteiger partial charge in [0.2, 0.25) is 5.82 Å². The van der Waals surface area contributed by atoms with E-state index in [4.69, 9.17) is 16.7 Å². The molecule has 0 aliphatic carbocycles. The molecule has 2 rings (SSSR count). The average molecular weight is 267 g/mol. The van der Waals surface area contributed by atoms with E-state index in [-0.39, 0.29) is 16.4 Å². The Hall–Kier alpha value is -2.41. The summed E-state index contributed by atoms with van der Waals surface area (Å²) >= 11 is 5.71. The van der Waals surface area contributed by atoms with Crippen molar-refractivity contribution in [1.82, 2.24) is 15.2 Å². The molecular weight excluding hydrogens is 260 g/mol. The molecule has 1 aromatic heterocycles. The Balaban J connectivity index is 2.22. The number of hydrogen-bond acceptors (Lipinski definition) is 4.